The second-order valence-electron chi connectivity index (χ2n) is 2.84. The second kappa shape index (κ2) is 9.65. The molecular formula is C10H10N2O6. The standard InChI is InChI=1S/C10H10N2O6/c13-6-11-2-1-8(5-9(15)16)10(17)18-4-3-12-7-14/h5H,1-4H2,(H,15,16). The van der Waals surface area contributed by atoms with Gasteiger partial charge >= 0.3 is 11.9 Å². The number of isocyanates is 2. The van der Waals surface area contributed by atoms with Crippen molar-refractivity contribution in [3.05, 3.63) is 11.6 Å². The van der Waals surface area contributed by atoms with Gasteiger partial charge in [0.2, 0.25) is 12.2 Å². The van der Waals surface area contributed by atoms with Crippen molar-refractivity contribution < 1.29 is 29.0 Å². The van der Waals surface area contributed by atoms with Crippen molar-refractivity contribution in [1.29, 1.82) is 0 Å². The Labute approximate surface area is 102 Å². The SMILES string of the molecule is O=C=NCCOC(=O)C(=CC(=O)O)CCN=C=O. The van der Waals surface area contributed by atoms with Crippen molar-refractivity contribution in [3.63, 3.8) is 0 Å². The summed E-state index contributed by atoms with van der Waals surface area (Å²) in [7, 11) is 0. The quantitative estimate of drug-likeness (QED) is 0.207. The molecule has 0 heterocycles. The van der Waals surface area contributed by atoms with Crippen LogP contribution in [0.25, 0.3) is 0 Å². The van der Waals surface area contributed by atoms with Crippen molar-refractivity contribution in [3.8, 4) is 0 Å². The fraction of sp³-hybridized carbons (Fsp3) is 0.400. The number of carboxylic acids is 1. The zero-order valence-corrected chi connectivity index (χ0v) is 9.29. The van der Waals surface area contributed by atoms with Gasteiger partial charge in [-0.25, -0.2) is 29.2 Å². The normalized spacial score (nSPS) is 9.89. The summed E-state index contributed by atoms with van der Waals surface area (Å²) >= 11 is 0. The Morgan fingerprint density at radius 1 is 1.17 bits per heavy atom. The van der Waals surface area contributed by atoms with E-state index in [9.17, 15) is 19.2 Å². The molecule has 0 radical (unpaired) electrons. The molecule has 0 aliphatic rings. The summed E-state index contributed by atoms with van der Waals surface area (Å²) in [6.45, 7) is -0.283. The molecule has 0 atom stereocenters. The van der Waals surface area contributed by atoms with Crippen LogP contribution in [-0.2, 0) is 23.9 Å². The molecule has 0 unspecified atom stereocenters. The topological polar surface area (TPSA) is 122 Å². The highest BCUT2D eigenvalue weighted by Crippen LogP contribution is 2.04. The molecule has 0 aromatic carbocycles. The highest BCUT2D eigenvalue weighted by molar-refractivity contribution is 5.95. The molecule has 8 nitrogen and oxygen atoms in total. The van der Waals surface area contributed by atoms with Crippen LogP contribution >= 0.6 is 0 Å². The molecule has 0 saturated carbocycles. The second-order valence-corrected chi connectivity index (χ2v) is 2.84. The predicted octanol–water partition coefficient (Wildman–Crippen LogP) is -0.398. The Balaban J connectivity index is 4.45. The lowest BCUT2D eigenvalue weighted by Gasteiger charge is -2.04. The Hall–Kier alpha value is -2.56. The Bertz CT molecular complexity index is 430. The van der Waals surface area contributed by atoms with E-state index >= 15 is 0 Å². The number of hydrogen-bond donors (Lipinski definition) is 1. The summed E-state index contributed by atoms with van der Waals surface area (Å²) < 4.78 is 4.65. The average Bonchev–Trinajstić information content (AvgIpc) is 2.33. The first-order valence-electron chi connectivity index (χ1n) is 4.79. The van der Waals surface area contributed by atoms with Crippen molar-refractivity contribution in [2.75, 3.05) is 19.7 Å². The van der Waals surface area contributed by atoms with Crippen LogP contribution in [0.1, 0.15) is 6.42 Å². The van der Waals surface area contributed by atoms with E-state index in [-0.39, 0.29) is 31.7 Å². The number of esters is 1. The van der Waals surface area contributed by atoms with E-state index in [2.05, 4.69) is 14.7 Å². The maximum atomic E-state index is 11.4. The Kier molecular flexibility index (Phi) is 8.28. The molecular weight excluding hydrogens is 244 g/mol. The third-order valence-corrected chi connectivity index (χ3v) is 1.62. The van der Waals surface area contributed by atoms with E-state index in [0.717, 1.165) is 0 Å². The van der Waals surface area contributed by atoms with Gasteiger partial charge in [-0.05, 0) is 0 Å². The number of rotatable bonds is 8. The molecule has 0 bridgehead atoms. The zero-order valence-electron chi connectivity index (χ0n) is 9.29. The van der Waals surface area contributed by atoms with Gasteiger partial charge in [0.25, 0.3) is 0 Å². The number of hydrogen-bond acceptors (Lipinski definition) is 7. The molecule has 96 valence electrons. The van der Waals surface area contributed by atoms with Gasteiger partial charge in [-0.3, -0.25) is 0 Å². The summed E-state index contributed by atoms with van der Waals surface area (Å²) in [5, 5.41) is 8.54. The van der Waals surface area contributed by atoms with Crippen LogP contribution in [0.5, 0.6) is 0 Å². The lowest BCUT2D eigenvalue weighted by atomic mass is 10.2. The molecule has 0 fully saturated rings. The molecule has 0 aliphatic carbocycles. The molecule has 0 amide bonds. The lowest BCUT2D eigenvalue weighted by molar-refractivity contribution is -0.139. The predicted molar refractivity (Wildman–Crippen MR) is 57.3 cm³/mol. The van der Waals surface area contributed by atoms with Gasteiger partial charge in [-0.1, -0.05) is 0 Å². The first kappa shape index (κ1) is 15.4. The summed E-state index contributed by atoms with van der Waals surface area (Å²) in [4.78, 5) is 47.8. The van der Waals surface area contributed by atoms with E-state index in [4.69, 9.17) is 5.11 Å². The van der Waals surface area contributed by atoms with Crippen LogP contribution in [-0.4, -0.2) is 48.9 Å². The molecule has 0 rings (SSSR count). The minimum absolute atomic E-state index is 0.0535. The summed E-state index contributed by atoms with van der Waals surface area (Å²) in [5.74, 6) is -2.18. The molecule has 0 aromatic rings. The Morgan fingerprint density at radius 2 is 1.78 bits per heavy atom. The van der Waals surface area contributed by atoms with Crippen molar-refractivity contribution in [2.24, 2.45) is 9.98 Å². The summed E-state index contributed by atoms with van der Waals surface area (Å²) in [6.07, 6.45) is 3.14. The third-order valence-electron chi connectivity index (χ3n) is 1.62. The highest BCUT2D eigenvalue weighted by Gasteiger charge is 2.12. The van der Waals surface area contributed by atoms with Gasteiger partial charge in [0.05, 0.1) is 13.1 Å². The molecule has 0 saturated heterocycles. The number of aliphatic carboxylic acids is 1. The maximum Gasteiger partial charge on any atom is 0.334 e. The van der Waals surface area contributed by atoms with Gasteiger partial charge in [0, 0.05) is 18.1 Å². The van der Waals surface area contributed by atoms with Crippen molar-refractivity contribution in [2.45, 2.75) is 6.42 Å². The van der Waals surface area contributed by atoms with Gasteiger partial charge in [0.1, 0.15) is 6.61 Å². The monoisotopic (exact) mass is 254 g/mol. The van der Waals surface area contributed by atoms with Gasteiger partial charge in [-0.15, -0.1) is 0 Å². The molecule has 0 spiro atoms. The number of carboxylic acid groups (broad SMARTS) is 1. The smallest absolute Gasteiger partial charge is 0.334 e. The number of carbonyl (C=O) groups excluding carboxylic acids is 3. The van der Waals surface area contributed by atoms with Crippen LogP contribution in [0.2, 0.25) is 0 Å². The summed E-state index contributed by atoms with van der Waals surface area (Å²) in [6, 6.07) is 0. The number of aliphatic imine (C=N–C) groups is 2. The van der Waals surface area contributed by atoms with Gasteiger partial charge in [-0.2, -0.15) is 0 Å². The van der Waals surface area contributed by atoms with Crippen LogP contribution in [0.15, 0.2) is 21.6 Å². The van der Waals surface area contributed by atoms with E-state index in [0.29, 0.717) is 6.08 Å². The van der Waals surface area contributed by atoms with Crippen molar-refractivity contribution >= 4 is 24.1 Å². The fourth-order valence-electron chi connectivity index (χ4n) is 0.927. The van der Waals surface area contributed by atoms with Crippen LogP contribution in [0, 0.1) is 0 Å². The first-order valence-corrected chi connectivity index (χ1v) is 4.79. The summed E-state index contributed by atoms with van der Waals surface area (Å²) in [5.41, 5.74) is -0.142. The molecule has 18 heavy (non-hydrogen) atoms. The average molecular weight is 254 g/mol. The van der Waals surface area contributed by atoms with Crippen molar-refractivity contribution in [1.82, 2.24) is 0 Å². The largest absolute Gasteiger partial charge is 0.478 e. The highest BCUT2D eigenvalue weighted by atomic mass is 16.5. The minimum Gasteiger partial charge on any atom is -0.478 e. The number of ether oxygens (including phenoxy) is 1. The molecule has 0 aliphatic heterocycles. The Morgan fingerprint density at radius 3 is 2.33 bits per heavy atom. The molecule has 8 heteroatoms. The van der Waals surface area contributed by atoms with Gasteiger partial charge in [0.15, 0.2) is 0 Å². The van der Waals surface area contributed by atoms with E-state index < -0.39 is 11.9 Å². The number of carbonyl (C=O) groups is 2. The van der Waals surface area contributed by atoms with E-state index in [1.54, 1.807) is 0 Å². The third kappa shape index (κ3) is 7.70. The van der Waals surface area contributed by atoms with Crippen LogP contribution in [0.3, 0.4) is 0 Å². The number of nitrogens with zero attached hydrogens (tertiary/aromatic N) is 2. The van der Waals surface area contributed by atoms with E-state index in [1.165, 1.54) is 12.2 Å². The molecule has 1 N–H and O–H groups in total. The van der Waals surface area contributed by atoms with Gasteiger partial charge < -0.3 is 9.84 Å². The van der Waals surface area contributed by atoms with Crippen LogP contribution in [0.4, 0.5) is 0 Å². The molecule has 0 aromatic heterocycles. The lowest BCUT2D eigenvalue weighted by Crippen LogP contribution is -2.13. The first-order chi connectivity index (χ1) is 8.61. The van der Waals surface area contributed by atoms with Crippen LogP contribution < -0.4 is 0 Å². The minimum atomic E-state index is -1.32. The zero-order chi connectivity index (χ0) is 13.8. The van der Waals surface area contributed by atoms with E-state index in [1.807, 2.05) is 0 Å². The maximum absolute atomic E-state index is 11.4. The fourth-order valence-corrected chi connectivity index (χ4v) is 0.927.